The summed E-state index contributed by atoms with van der Waals surface area (Å²) in [7, 11) is 3.04. The first-order valence-electron chi connectivity index (χ1n) is 5.14. The molecule has 6 nitrogen and oxygen atoms in total. The number of ether oxygens (including phenoxy) is 2. The number of ketones is 1. The average Bonchev–Trinajstić information content (AvgIpc) is 2.16. The van der Waals surface area contributed by atoms with Crippen LogP contribution < -0.4 is 0 Å². The second kappa shape index (κ2) is 5.81. The van der Waals surface area contributed by atoms with Gasteiger partial charge in [-0.1, -0.05) is 0 Å². The van der Waals surface area contributed by atoms with Gasteiger partial charge in [0, 0.05) is 40.2 Å². The third-order valence-electron chi connectivity index (χ3n) is 2.76. The van der Waals surface area contributed by atoms with Gasteiger partial charge in [-0.15, -0.1) is 0 Å². The van der Waals surface area contributed by atoms with Gasteiger partial charge in [0.15, 0.2) is 6.29 Å². The van der Waals surface area contributed by atoms with Crippen molar-refractivity contribution in [3.05, 3.63) is 0 Å². The number of nitrogens with zero attached hydrogens (tertiary/aromatic N) is 1. The lowest BCUT2D eigenvalue weighted by atomic mass is 9.93. The van der Waals surface area contributed by atoms with Crippen molar-refractivity contribution >= 4 is 11.9 Å². The minimum Gasteiger partial charge on any atom is -0.465 e. The van der Waals surface area contributed by atoms with E-state index in [1.165, 1.54) is 19.1 Å². The van der Waals surface area contributed by atoms with Crippen LogP contribution in [0.5, 0.6) is 0 Å². The van der Waals surface area contributed by atoms with Gasteiger partial charge in [0.05, 0.1) is 5.92 Å². The van der Waals surface area contributed by atoms with Crippen LogP contribution in [0, 0.1) is 5.92 Å². The summed E-state index contributed by atoms with van der Waals surface area (Å²) in [6, 6.07) is 0. The number of methoxy groups -OCH3 is 2. The number of likely N-dealkylation sites (tertiary alicyclic amines) is 1. The number of carboxylic acid groups (broad SMARTS) is 1. The Bertz CT molecular complexity index is 258. The molecule has 6 heteroatoms. The third kappa shape index (κ3) is 3.18. The highest BCUT2D eigenvalue weighted by Crippen LogP contribution is 2.19. The second-order valence-corrected chi connectivity index (χ2v) is 3.79. The predicted octanol–water partition coefficient (Wildman–Crippen LogP) is 0.564. The third-order valence-corrected chi connectivity index (χ3v) is 2.76. The Balaban J connectivity index is 2.20. The molecule has 0 bridgehead atoms. The van der Waals surface area contributed by atoms with Gasteiger partial charge in [0.2, 0.25) is 0 Å². The average molecular weight is 231 g/mol. The van der Waals surface area contributed by atoms with E-state index >= 15 is 0 Å². The molecule has 0 saturated carbocycles. The van der Waals surface area contributed by atoms with Gasteiger partial charge < -0.3 is 19.5 Å². The SMILES string of the molecule is COC(CCC(=O)C1CN(C(=O)O)C1)OC. The molecule has 1 aliphatic heterocycles. The van der Waals surface area contributed by atoms with E-state index in [1.54, 1.807) is 0 Å². The van der Waals surface area contributed by atoms with Crippen molar-refractivity contribution in [2.75, 3.05) is 27.3 Å². The van der Waals surface area contributed by atoms with Crippen LogP contribution in [-0.4, -0.2) is 55.5 Å². The van der Waals surface area contributed by atoms with Crippen LogP contribution in [-0.2, 0) is 14.3 Å². The summed E-state index contributed by atoms with van der Waals surface area (Å²) in [5.74, 6) is -0.0675. The molecule has 1 saturated heterocycles. The highest BCUT2D eigenvalue weighted by atomic mass is 16.7. The summed E-state index contributed by atoms with van der Waals surface area (Å²) >= 11 is 0. The van der Waals surface area contributed by atoms with E-state index in [0.717, 1.165) is 0 Å². The maximum atomic E-state index is 11.6. The quantitative estimate of drug-likeness (QED) is 0.676. The van der Waals surface area contributed by atoms with E-state index < -0.39 is 6.09 Å². The fraction of sp³-hybridized carbons (Fsp3) is 0.800. The fourth-order valence-electron chi connectivity index (χ4n) is 1.63. The molecule has 0 spiro atoms. The molecule has 16 heavy (non-hydrogen) atoms. The van der Waals surface area contributed by atoms with Gasteiger partial charge in [-0.05, 0) is 0 Å². The molecule has 0 aromatic carbocycles. The van der Waals surface area contributed by atoms with Crippen molar-refractivity contribution < 1.29 is 24.2 Å². The molecular formula is C10H17NO5. The summed E-state index contributed by atoms with van der Waals surface area (Å²) in [6.07, 6.45) is -0.449. The summed E-state index contributed by atoms with van der Waals surface area (Å²) in [5.41, 5.74) is 0. The molecule has 1 heterocycles. The first-order chi connectivity index (χ1) is 7.58. The van der Waals surface area contributed by atoms with Crippen LogP contribution in [0.3, 0.4) is 0 Å². The Labute approximate surface area is 94.1 Å². The summed E-state index contributed by atoms with van der Waals surface area (Å²) in [6.45, 7) is 0.637. The lowest BCUT2D eigenvalue weighted by molar-refractivity contribution is -0.133. The van der Waals surface area contributed by atoms with E-state index in [1.807, 2.05) is 0 Å². The molecule has 92 valence electrons. The molecule has 0 atom stereocenters. The maximum absolute atomic E-state index is 11.6. The van der Waals surface area contributed by atoms with E-state index in [-0.39, 0.29) is 18.0 Å². The second-order valence-electron chi connectivity index (χ2n) is 3.79. The van der Waals surface area contributed by atoms with E-state index in [2.05, 4.69) is 0 Å². The lowest BCUT2D eigenvalue weighted by Crippen LogP contribution is -2.52. The summed E-state index contributed by atoms with van der Waals surface area (Å²) in [5, 5.41) is 8.60. The molecule has 1 rings (SSSR count). The highest BCUT2D eigenvalue weighted by molar-refractivity contribution is 5.84. The molecule has 1 N–H and O–H groups in total. The zero-order valence-electron chi connectivity index (χ0n) is 9.51. The molecule has 0 aliphatic carbocycles. The van der Waals surface area contributed by atoms with Gasteiger partial charge in [-0.3, -0.25) is 4.79 Å². The summed E-state index contributed by atoms with van der Waals surface area (Å²) < 4.78 is 9.92. The van der Waals surface area contributed by atoms with Crippen LogP contribution in [0.25, 0.3) is 0 Å². The Morgan fingerprint density at radius 1 is 1.38 bits per heavy atom. The molecule has 1 fully saturated rings. The van der Waals surface area contributed by atoms with E-state index in [4.69, 9.17) is 14.6 Å². The number of rotatable bonds is 6. The molecular weight excluding hydrogens is 214 g/mol. The Kier molecular flexibility index (Phi) is 4.70. The molecule has 0 radical (unpaired) electrons. The first kappa shape index (κ1) is 12.9. The Hall–Kier alpha value is -1.14. The van der Waals surface area contributed by atoms with Gasteiger partial charge in [-0.2, -0.15) is 0 Å². The topological polar surface area (TPSA) is 76.1 Å². The number of carbonyl (C=O) groups is 2. The standard InChI is InChI=1S/C10H17NO5/c1-15-9(16-2)4-3-8(12)7-5-11(6-7)10(13)14/h7,9H,3-6H2,1-2H3,(H,13,14). The van der Waals surface area contributed by atoms with Crippen molar-refractivity contribution in [3.63, 3.8) is 0 Å². The van der Waals surface area contributed by atoms with Crippen LogP contribution in [0.1, 0.15) is 12.8 Å². The van der Waals surface area contributed by atoms with Crippen LogP contribution in [0.2, 0.25) is 0 Å². The number of amides is 1. The lowest BCUT2D eigenvalue weighted by Gasteiger charge is -2.36. The zero-order chi connectivity index (χ0) is 12.1. The highest BCUT2D eigenvalue weighted by Gasteiger charge is 2.35. The minimum absolute atomic E-state index is 0.0802. The Morgan fingerprint density at radius 2 is 1.94 bits per heavy atom. The number of Topliss-reactive ketones (excluding diaryl/α,β-unsaturated/α-hetero) is 1. The largest absolute Gasteiger partial charge is 0.465 e. The van der Waals surface area contributed by atoms with Crippen LogP contribution in [0.4, 0.5) is 4.79 Å². The van der Waals surface area contributed by atoms with E-state index in [0.29, 0.717) is 25.9 Å². The minimum atomic E-state index is -0.962. The first-order valence-corrected chi connectivity index (χ1v) is 5.14. The Morgan fingerprint density at radius 3 is 2.38 bits per heavy atom. The normalized spacial score (nSPS) is 16.3. The smallest absolute Gasteiger partial charge is 0.407 e. The van der Waals surface area contributed by atoms with Gasteiger partial charge in [-0.25, -0.2) is 4.79 Å². The summed E-state index contributed by atoms with van der Waals surface area (Å²) in [4.78, 5) is 23.3. The van der Waals surface area contributed by atoms with Gasteiger partial charge in [0.1, 0.15) is 5.78 Å². The van der Waals surface area contributed by atoms with Crippen LogP contribution >= 0.6 is 0 Å². The molecule has 1 amide bonds. The van der Waals surface area contributed by atoms with Gasteiger partial charge >= 0.3 is 6.09 Å². The predicted molar refractivity (Wildman–Crippen MR) is 55.1 cm³/mol. The van der Waals surface area contributed by atoms with Crippen molar-refractivity contribution in [3.8, 4) is 0 Å². The van der Waals surface area contributed by atoms with Crippen molar-refractivity contribution in [2.45, 2.75) is 19.1 Å². The maximum Gasteiger partial charge on any atom is 0.407 e. The van der Waals surface area contributed by atoms with Crippen molar-refractivity contribution in [2.24, 2.45) is 5.92 Å². The molecule has 0 aromatic rings. The van der Waals surface area contributed by atoms with Gasteiger partial charge in [0.25, 0.3) is 0 Å². The fourth-order valence-corrected chi connectivity index (χ4v) is 1.63. The monoisotopic (exact) mass is 231 g/mol. The van der Waals surface area contributed by atoms with Crippen LogP contribution in [0.15, 0.2) is 0 Å². The van der Waals surface area contributed by atoms with Crippen molar-refractivity contribution in [1.29, 1.82) is 0 Å². The molecule has 0 aromatic heterocycles. The number of hydrogen-bond donors (Lipinski definition) is 1. The van der Waals surface area contributed by atoms with E-state index in [9.17, 15) is 9.59 Å². The molecule has 0 unspecified atom stereocenters. The number of hydrogen-bond acceptors (Lipinski definition) is 4. The van der Waals surface area contributed by atoms with Crippen molar-refractivity contribution in [1.82, 2.24) is 4.90 Å². The number of carbonyl (C=O) groups excluding carboxylic acids is 1. The zero-order valence-corrected chi connectivity index (χ0v) is 9.51. The molecule has 1 aliphatic rings.